The fourth-order valence-electron chi connectivity index (χ4n) is 2.66. The van der Waals surface area contributed by atoms with Crippen molar-refractivity contribution in [2.24, 2.45) is 5.73 Å². The van der Waals surface area contributed by atoms with Gasteiger partial charge in [0.1, 0.15) is 5.82 Å². The molecule has 0 unspecified atom stereocenters. The lowest BCUT2D eigenvalue weighted by Crippen LogP contribution is -2.32. The number of hydrogen-bond acceptors (Lipinski definition) is 5. The number of fused-ring (bicyclic) bond motifs is 1. The summed E-state index contributed by atoms with van der Waals surface area (Å²) < 4.78 is 10.4. The summed E-state index contributed by atoms with van der Waals surface area (Å²) in [5.41, 5.74) is 9.64. The van der Waals surface area contributed by atoms with Gasteiger partial charge >= 0.3 is 0 Å². The van der Waals surface area contributed by atoms with Crippen LogP contribution in [-0.4, -0.2) is 45.5 Å². The van der Waals surface area contributed by atoms with E-state index in [2.05, 4.69) is 11.0 Å². The van der Waals surface area contributed by atoms with Crippen LogP contribution >= 0.6 is 0 Å². The van der Waals surface area contributed by atoms with E-state index >= 15 is 0 Å². The van der Waals surface area contributed by atoms with Crippen molar-refractivity contribution in [3.05, 3.63) is 22.9 Å². The molecule has 2 rings (SSSR count). The summed E-state index contributed by atoms with van der Waals surface area (Å²) in [5.74, 6) is 1.00. The minimum absolute atomic E-state index is 0.520. The second-order valence-corrected chi connectivity index (χ2v) is 5.11. The molecule has 0 aliphatic heterocycles. The number of aryl methyl sites for hydroxylation is 2. The average molecular weight is 279 g/mol. The van der Waals surface area contributed by atoms with Gasteiger partial charge in [-0.25, -0.2) is 4.98 Å². The number of aromatic nitrogens is 1. The molecule has 0 spiro atoms. The van der Waals surface area contributed by atoms with E-state index < -0.39 is 0 Å². The highest BCUT2D eigenvalue weighted by Crippen LogP contribution is 2.27. The largest absolute Gasteiger partial charge is 0.383 e. The molecule has 1 heterocycles. The summed E-state index contributed by atoms with van der Waals surface area (Å²) in [4.78, 5) is 7.08. The predicted molar refractivity (Wildman–Crippen MR) is 80.1 cm³/mol. The molecule has 1 aliphatic rings. The second kappa shape index (κ2) is 7.57. The average Bonchev–Trinajstić information content (AvgIpc) is 2.93. The van der Waals surface area contributed by atoms with Crippen LogP contribution in [0.15, 0.2) is 6.07 Å². The molecule has 5 heteroatoms. The van der Waals surface area contributed by atoms with Crippen molar-refractivity contribution in [2.45, 2.75) is 25.8 Å². The molecule has 2 N–H and O–H groups in total. The number of anilines is 1. The van der Waals surface area contributed by atoms with Crippen molar-refractivity contribution in [1.29, 1.82) is 0 Å². The molecule has 1 aromatic rings. The topological polar surface area (TPSA) is 60.6 Å². The van der Waals surface area contributed by atoms with Crippen LogP contribution in [0.5, 0.6) is 0 Å². The lowest BCUT2D eigenvalue weighted by Gasteiger charge is -2.26. The van der Waals surface area contributed by atoms with Crippen LogP contribution in [-0.2, 0) is 28.9 Å². The first-order chi connectivity index (χ1) is 9.80. The molecule has 1 aliphatic carbocycles. The Morgan fingerprint density at radius 2 is 1.90 bits per heavy atom. The van der Waals surface area contributed by atoms with E-state index in [1.807, 2.05) is 0 Å². The molecule has 5 nitrogen and oxygen atoms in total. The van der Waals surface area contributed by atoms with E-state index in [1.165, 1.54) is 17.7 Å². The van der Waals surface area contributed by atoms with E-state index in [0.717, 1.165) is 37.3 Å². The molecule has 0 atom stereocenters. The van der Waals surface area contributed by atoms with Crippen molar-refractivity contribution in [3.63, 3.8) is 0 Å². The highest BCUT2D eigenvalue weighted by atomic mass is 16.5. The summed E-state index contributed by atoms with van der Waals surface area (Å²) in [6.45, 7) is 3.47. The summed E-state index contributed by atoms with van der Waals surface area (Å²) in [5, 5.41) is 0. The Labute approximate surface area is 121 Å². The lowest BCUT2D eigenvalue weighted by molar-refractivity contribution is 0.190. The zero-order chi connectivity index (χ0) is 14.4. The molecule has 112 valence electrons. The van der Waals surface area contributed by atoms with Gasteiger partial charge in [-0.3, -0.25) is 0 Å². The van der Waals surface area contributed by atoms with Gasteiger partial charge in [0.05, 0.1) is 13.2 Å². The van der Waals surface area contributed by atoms with Crippen LogP contribution < -0.4 is 10.6 Å². The molecule has 1 aromatic heterocycles. The Kier molecular flexibility index (Phi) is 5.76. The van der Waals surface area contributed by atoms with Gasteiger partial charge in [0, 0.05) is 45.1 Å². The first-order valence-electron chi connectivity index (χ1n) is 7.24. The van der Waals surface area contributed by atoms with Gasteiger partial charge in [-0.05, 0) is 30.9 Å². The van der Waals surface area contributed by atoms with Crippen molar-refractivity contribution >= 4 is 5.82 Å². The summed E-state index contributed by atoms with van der Waals surface area (Å²) >= 11 is 0. The summed E-state index contributed by atoms with van der Waals surface area (Å²) in [7, 11) is 3.43. The first kappa shape index (κ1) is 15.2. The van der Waals surface area contributed by atoms with Crippen molar-refractivity contribution in [2.75, 3.05) is 45.4 Å². The number of nitrogens with zero attached hydrogens (tertiary/aromatic N) is 2. The highest BCUT2D eigenvalue weighted by molar-refractivity contribution is 5.51. The van der Waals surface area contributed by atoms with E-state index in [9.17, 15) is 0 Å². The van der Waals surface area contributed by atoms with Gasteiger partial charge in [0.2, 0.25) is 0 Å². The Bertz CT molecular complexity index is 429. The third-order valence-corrected chi connectivity index (χ3v) is 3.76. The fourth-order valence-corrected chi connectivity index (χ4v) is 2.66. The third kappa shape index (κ3) is 3.48. The maximum atomic E-state index is 5.91. The zero-order valence-electron chi connectivity index (χ0n) is 12.5. The van der Waals surface area contributed by atoms with Crippen LogP contribution in [0.3, 0.4) is 0 Å². The fraction of sp³-hybridized carbons (Fsp3) is 0.667. The molecule has 0 saturated carbocycles. The molecular formula is C15H25N3O2. The maximum absolute atomic E-state index is 5.91. The highest BCUT2D eigenvalue weighted by Gasteiger charge is 2.19. The Morgan fingerprint density at radius 3 is 2.50 bits per heavy atom. The number of pyridine rings is 1. The number of nitrogens with two attached hydrogens (primary N) is 1. The number of ether oxygens (including phenoxy) is 2. The standard InChI is InChI=1S/C15H25N3O2/c1-19-8-6-18(7-9-20-2)15-13(11-16)10-12-4-3-5-14(12)17-15/h10H,3-9,11,16H2,1-2H3. The van der Waals surface area contributed by atoms with E-state index in [0.29, 0.717) is 19.8 Å². The zero-order valence-corrected chi connectivity index (χ0v) is 12.5. The summed E-state index contributed by atoms with van der Waals surface area (Å²) in [6, 6.07) is 2.23. The Balaban J connectivity index is 2.25. The molecule has 0 aromatic carbocycles. The van der Waals surface area contributed by atoms with Crippen molar-refractivity contribution < 1.29 is 9.47 Å². The van der Waals surface area contributed by atoms with Crippen molar-refractivity contribution in [3.8, 4) is 0 Å². The van der Waals surface area contributed by atoms with Gasteiger partial charge in [-0.15, -0.1) is 0 Å². The number of methoxy groups -OCH3 is 2. The third-order valence-electron chi connectivity index (χ3n) is 3.76. The number of rotatable bonds is 8. The molecular weight excluding hydrogens is 254 g/mol. The molecule has 20 heavy (non-hydrogen) atoms. The van der Waals surface area contributed by atoms with Crippen LogP contribution in [0.4, 0.5) is 5.82 Å². The predicted octanol–water partition coefficient (Wildman–Crippen LogP) is 1.13. The number of hydrogen-bond donors (Lipinski definition) is 1. The minimum atomic E-state index is 0.520. The van der Waals surface area contributed by atoms with E-state index in [1.54, 1.807) is 14.2 Å². The smallest absolute Gasteiger partial charge is 0.133 e. The van der Waals surface area contributed by atoms with Crippen LogP contribution in [0, 0.1) is 0 Å². The van der Waals surface area contributed by atoms with Crippen LogP contribution in [0.25, 0.3) is 0 Å². The molecule has 0 radical (unpaired) electrons. The molecule has 0 bridgehead atoms. The van der Waals surface area contributed by atoms with Gasteiger partial charge in [0.15, 0.2) is 0 Å². The summed E-state index contributed by atoms with van der Waals surface area (Å²) in [6.07, 6.45) is 3.41. The Hall–Kier alpha value is -1.17. The molecule has 0 fully saturated rings. The minimum Gasteiger partial charge on any atom is -0.383 e. The lowest BCUT2D eigenvalue weighted by atomic mass is 10.1. The van der Waals surface area contributed by atoms with Gasteiger partial charge < -0.3 is 20.1 Å². The van der Waals surface area contributed by atoms with Crippen LogP contribution in [0.1, 0.15) is 23.2 Å². The van der Waals surface area contributed by atoms with E-state index in [4.69, 9.17) is 20.2 Å². The molecule has 0 saturated heterocycles. The van der Waals surface area contributed by atoms with Crippen LogP contribution in [0.2, 0.25) is 0 Å². The van der Waals surface area contributed by atoms with Gasteiger partial charge in [-0.2, -0.15) is 0 Å². The monoisotopic (exact) mass is 279 g/mol. The first-order valence-corrected chi connectivity index (χ1v) is 7.24. The maximum Gasteiger partial charge on any atom is 0.133 e. The quantitative estimate of drug-likeness (QED) is 0.773. The Morgan fingerprint density at radius 1 is 1.20 bits per heavy atom. The SMILES string of the molecule is COCCN(CCOC)c1nc2c(cc1CN)CCC2. The van der Waals surface area contributed by atoms with Crippen molar-refractivity contribution in [1.82, 2.24) is 4.98 Å². The molecule has 0 amide bonds. The van der Waals surface area contributed by atoms with Gasteiger partial charge in [-0.1, -0.05) is 0 Å². The second-order valence-electron chi connectivity index (χ2n) is 5.11. The van der Waals surface area contributed by atoms with E-state index in [-0.39, 0.29) is 0 Å². The normalized spacial score (nSPS) is 13.6. The van der Waals surface area contributed by atoms with Gasteiger partial charge in [0.25, 0.3) is 0 Å².